The average molecular weight is 304 g/mol. The standard InChI is InChI=1S/C15H14BrNO/c16-14-5-2-8-17(15(14)18)10-11-6-7-12-3-1-4-13(12)9-11/h2,5-9H,1,3-4,10H2. The minimum atomic E-state index is 0.0259. The molecule has 0 bridgehead atoms. The third-order valence-corrected chi connectivity index (χ3v) is 4.09. The molecule has 0 atom stereocenters. The zero-order valence-corrected chi connectivity index (χ0v) is 11.6. The third kappa shape index (κ3) is 2.15. The van der Waals surface area contributed by atoms with Gasteiger partial charge in [0.05, 0.1) is 11.0 Å². The predicted octanol–water partition coefficient (Wildman–Crippen LogP) is 3.15. The lowest BCUT2D eigenvalue weighted by atomic mass is 10.1. The van der Waals surface area contributed by atoms with Crippen molar-refractivity contribution in [2.75, 3.05) is 0 Å². The van der Waals surface area contributed by atoms with E-state index in [0.717, 1.165) is 0 Å². The van der Waals surface area contributed by atoms with Crippen LogP contribution < -0.4 is 5.56 Å². The van der Waals surface area contributed by atoms with Gasteiger partial charge in [0, 0.05) is 6.20 Å². The van der Waals surface area contributed by atoms with Crippen molar-refractivity contribution in [2.24, 2.45) is 0 Å². The van der Waals surface area contributed by atoms with Crippen molar-refractivity contribution in [1.29, 1.82) is 0 Å². The fourth-order valence-corrected chi connectivity index (χ4v) is 2.93. The fourth-order valence-electron chi connectivity index (χ4n) is 2.55. The molecule has 0 saturated carbocycles. The van der Waals surface area contributed by atoms with Gasteiger partial charge in [-0.05, 0) is 64.0 Å². The van der Waals surface area contributed by atoms with Crippen molar-refractivity contribution in [1.82, 2.24) is 4.57 Å². The second kappa shape index (κ2) is 4.73. The summed E-state index contributed by atoms with van der Waals surface area (Å²) in [5.41, 5.74) is 4.16. The van der Waals surface area contributed by atoms with Gasteiger partial charge >= 0.3 is 0 Å². The van der Waals surface area contributed by atoms with Crippen LogP contribution in [0.2, 0.25) is 0 Å². The summed E-state index contributed by atoms with van der Waals surface area (Å²) >= 11 is 3.28. The normalized spacial score (nSPS) is 13.6. The van der Waals surface area contributed by atoms with Crippen molar-refractivity contribution in [3.8, 4) is 0 Å². The van der Waals surface area contributed by atoms with E-state index in [2.05, 4.69) is 34.1 Å². The molecule has 0 aliphatic heterocycles. The van der Waals surface area contributed by atoms with Gasteiger partial charge in [0.25, 0.3) is 5.56 Å². The first-order valence-corrected chi connectivity index (χ1v) is 6.99. The quantitative estimate of drug-likeness (QED) is 0.835. The summed E-state index contributed by atoms with van der Waals surface area (Å²) in [6.07, 6.45) is 5.47. The fraction of sp³-hybridized carbons (Fsp3) is 0.267. The van der Waals surface area contributed by atoms with Gasteiger partial charge in [-0.25, -0.2) is 0 Å². The van der Waals surface area contributed by atoms with Crippen LogP contribution in [-0.4, -0.2) is 4.57 Å². The summed E-state index contributed by atoms with van der Waals surface area (Å²) in [7, 11) is 0. The lowest BCUT2D eigenvalue weighted by Crippen LogP contribution is -2.20. The number of fused-ring (bicyclic) bond motifs is 1. The van der Waals surface area contributed by atoms with Gasteiger partial charge in [0.15, 0.2) is 0 Å². The number of aromatic nitrogens is 1. The van der Waals surface area contributed by atoms with Crippen molar-refractivity contribution < 1.29 is 0 Å². The van der Waals surface area contributed by atoms with Gasteiger partial charge in [-0.3, -0.25) is 4.79 Å². The lowest BCUT2D eigenvalue weighted by Gasteiger charge is -2.08. The van der Waals surface area contributed by atoms with Gasteiger partial charge in [-0.15, -0.1) is 0 Å². The van der Waals surface area contributed by atoms with Crippen LogP contribution in [0.3, 0.4) is 0 Å². The van der Waals surface area contributed by atoms with Crippen molar-refractivity contribution in [3.63, 3.8) is 0 Å². The van der Waals surface area contributed by atoms with Crippen LogP contribution in [-0.2, 0) is 19.4 Å². The number of pyridine rings is 1. The van der Waals surface area contributed by atoms with Crippen molar-refractivity contribution >= 4 is 15.9 Å². The summed E-state index contributed by atoms with van der Waals surface area (Å²) in [5.74, 6) is 0. The molecule has 0 saturated heterocycles. The Labute approximate surface area is 114 Å². The molecule has 18 heavy (non-hydrogen) atoms. The largest absolute Gasteiger partial charge is 0.310 e. The van der Waals surface area contributed by atoms with E-state index in [1.165, 1.54) is 36.0 Å². The van der Waals surface area contributed by atoms with E-state index in [1.807, 2.05) is 12.3 Å². The molecule has 0 N–H and O–H groups in total. The van der Waals surface area contributed by atoms with E-state index in [0.29, 0.717) is 11.0 Å². The molecule has 92 valence electrons. The first-order chi connectivity index (χ1) is 8.74. The molecule has 1 heterocycles. The van der Waals surface area contributed by atoms with E-state index >= 15 is 0 Å². The number of halogens is 1. The third-order valence-electron chi connectivity index (χ3n) is 3.49. The van der Waals surface area contributed by atoms with Gasteiger partial charge in [0.1, 0.15) is 0 Å². The predicted molar refractivity (Wildman–Crippen MR) is 76.0 cm³/mol. The van der Waals surface area contributed by atoms with Crippen LogP contribution in [0.25, 0.3) is 0 Å². The van der Waals surface area contributed by atoms with Crippen LogP contribution >= 0.6 is 15.9 Å². The highest BCUT2D eigenvalue weighted by molar-refractivity contribution is 9.10. The second-order valence-electron chi connectivity index (χ2n) is 4.75. The molecule has 1 aromatic heterocycles. The first-order valence-electron chi connectivity index (χ1n) is 6.20. The SMILES string of the molecule is O=c1c(Br)cccn1Cc1ccc2c(c1)CCC2. The van der Waals surface area contributed by atoms with Crippen LogP contribution in [0, 0.1) is 0 Å². The molecule has 0 radical (unpaired) electrons. The van der Waals surface area contributed by atoms with Crippen molar-refractivity contribution in [3.05, 3.63) is 68.0 Å². The Morgan fingerprint density at radius 2 is 2.00 bits per heavy atom. The Balaban J connectivity index is 1.93. The molecule has 2 aromatic rings. The Kier molecular flexibility index (Phi) is 3.08. The molecule has 3 rings (SSSR count). The monoisotopic (exact) mass is 303 g/mol. The summed E-state index contributed by atoms with van der Waals surface area (Å²) in [5, 5.41) is 0. The molecule has 2 nitrogen and oxygen atoms in total. The Morgan fingerprint density at radius 1 is 1.17 bits per heavy atom. The maximum absolute atomic E-state index is 11.9. The van der Waals surface area contributed by atoms with Gasteiger partial charge < -0.3 is 4.57 Å². The lowest BCUT2D eigenvalue weighted by molar-refractivity contribution is 0.754. The highest BCUT2D eigenvalue weighted by Crippen LogP contribution is 2.23. The molecule has 0 unspecified atom stereocenters. The Morgan fingerprint density at radius 3 is 2.89 bits per heavy atom. The van der Waals surface area contributed by atoms with Crippen LogP contribution in [0.1, 0.15) is 23.1 Å². The zero-order chi connectivity index (χ0) is 12.5. The van der Waals surface area contributed by atoms with E-state index in [1.54, 1.807) is 10.6 Å². The maximum atomic E-state index is 11.9. The molecule has 1 aliphatic carbocycles. The molecule has 1 aromatic carbocycles. The smallest absolute Gasteiger partial charge is 0.265 e. The second-order valence-corrected chi connectivity index (χ2v) is 5.60. The highest BCUT2D eigenvalue weighted by atomic mass is 79.9. The average Bonchev–Trinajstić information content (AvgIpc) is 2.82. The van der Waals surface area contributed by atoms with Gasteiger partial charge in [0.2, 0.25) is 0 Å². The highest BCUT2D eigenvalue weighted by Gasteiger charge is 2.11. The zero-order valence-electron chi connectivity index (χ0n) is 10.0. The van der Waals surface area contributed by atoms with Crippen LogP contribution in [0.5, 0.6) is 0 Å². The van der Waals surface area contributed by atoms with E-state index in [-0.39, 0.29) is 5.56 Å². The number of aryl methyl sites for hydroxylation is 2. The Hall–Kier alpha value is -1.35. The molecule has 3 heteroatoms. The van der Waals surface area contributed by atoms with E-state index < -0.39 is 0 Å². The molecular weight excluding hydrogens is 290 g/mol. The number of rotatable bonds is 2. The van der Waals surface area contributed by atoms with Crippen molar-refractivity contribution in [2.45, 2.75) is 25.8 Å². The van der Waals surface area contributed by atoms with Crippen LogP contribution in [0.15, 0.2) is 45.8 Å². The number of hydrogen-bond acceptors (Lipinski definition) is 1. The maximum Gasteiger partial charge on any atom is 0.265 e. The molecule has 0 spiro atoms. The molecule has 1 aliphatic rings. The number of hydrogen-bond donors (Lipinski definition) is 0. The number of benzene rings is 1. The topological polar surface area (TPSA) is 22.0 Å². The van der Waals surface area contributed by atoms with Gasteiger partial charge in [-0.2, -0.15) is 0 Å². The number of nitrogens with zero attached hydrogens (tertiary/aromatic N) is 1. The minimum Gasteiger partial charge on any atom is -0.310 e. The molecular formula is C15H14BrNO. The summed E-state index contributed by atoms with van der Waals surface area (Å²) < 4.78 is 2.35. The summed E-state index contributed by atoms with van der Waals surface area (Å²) in [4.78, 5) is 11.9. The first kappa shape index (κ1) is 11.7. The summed E-state index contributed by atoms with van der Waals surface area (Å²) in [6, 6.07) is 10.3. The van der Waals surface area contributed by atoms with E-state index in [9.17, 15) is 4.79 Å². The van der Waals surface area contributed by atoms with Crippen LogP contribution in [0.4, 0.5) is 0 Å². The molecule has 0 amide bonds. The minimum absolute atomic E-state index is 0.0259. The molecule has 0 fully saturated rings. The van der Waals surface area contributed by atoms with E-state index in [4.69, 9.17) is 0 Å². The Bertz CT molecular complexity index is 645. The van der Waals surface area contributed by atoms with Gasteiger partial charge in [-0.1, -0.05) is 18.2 Å². The summed E-state index contributed by atoms with van der Waals surface area (Å²) in [6.45, 7) is 0.644.